The van der Waals surface area contributed by atoms with Crippen molar-refractivity contribution in [3.63, 3.8) is 0 Å². The summed E-state index contributed by atoms with van der Waals surface area (Å²) in [7, 11) is 0. The Kier molecular flexibility index (Phi) is 9.40. The molecule has 1 atom stereocenters. The molecule has 0 radical (unpaired) electrons. The Morgan fingerprint density at radius 2 is 2.12 bits per heavy atom. The van der Waals surface area contributed by atoms with Crippen LogP contribution in [0.5, 0.6) is 0 Å². The molecule has 1 unspecified atom stereocenters. The second kappa shape index (κ2) is 11.0. The molecule has 1 fully saturated rings. The largest absolute Gasteiger partial charge is 0.465 e. The normalized spacial score (nSPS) is 16.6. The second-order valence-electron chi connectivity index (χ2n) is 5.64. The molecule has 2 N–H and O–H groups in total. The average Bonchev–Trinajstić information content (AvgIpc) is 2.59. The predicted molar refractivity (Wildman–Crippen MR) is 100 cm³/mol. The van der Waals surface area contributed by atoms with Crippen molar-refractivity contribution in [2.75, 3.05) is 26.2 Å². The molecule has 0 spiro atoms. The number of carbonyl (C=O) groups excluding carboxylic acids is 3. The molecule has 1 heterocycles. The summed E-state index contributed by atoms with van der Waals surface area (Å²) in [6, 6.07) is 6.75. The van der Waals surface area contributed by atoms with Gasteiger partial charge in [0.25, 0.3) is 0 Å². The lowest BCUT2D eigenvalue weighted by molar-refractivity contribution is -0.143. The second-order valence-corrected chi connectivity index (χ2v) is 6.05. The van der Waals surface area contributed by atoms with Gasteiger partial charge in [-0.2, -0.15) is 0 Å². The fourth-order valence-electron chi connectivity index (χ4n) is 2.58. The molecule has 2 rings (SSSR count). The van der Waals surface area contributed by atoms with Crippen LogP contribution in [-0.4, -0.2) is 55.0 Å². The van der Waals surface area contributed by atoms with E-state index in [0.717, 1.165) is 5.56 Å². The Balaban J connectivity index is 0.00000338. The van der Waals surface area contributed by atoms with E-state index >= 15 is 0 Å². The molecule has 144 valence electrons. The minimum atomic E-state index is -0.613. The van der Waals surface area contributed by atoms with Crippen molar-refractivity contribution in [1.82, 2.24) is 15.5 Å². The Bertz CT molecular complexity index is 642. The molecular formula is C17H23Cl2N3O4. The van der Waals surface area contributed by atoms with Crippen molar-refractivity contribution < 1.29 is 19.1 Å². The van der Waals surface area contributed by atoms with Gasteiger partial charge in [0.1, 0.15) is 6.54 Å². The van der Waals surface area contributed by atoms with Crippen LogP contribution in [0.15, 0.2) is 24.3 Å². The number of amides is 2. The van der Waals surface area contributed by atoms with Crippen molar-refractivity contribution >= 4 is 41.8 Å². The van der Waals surface area contributed by atoms with Gasteiger partial charge in [-0.15, -0.1) is 12.4 Å². The first-order chi connectivity index (χ1) is 12.0. The van der Waals surface area contributed by atoms with Gasteiger partial charge < -0.3 is 20.3 Å². The number of ether oxygens (including phenoxy) is 1. The van der Waals surface area contributed by atoms with E-state index in [2.05, 4.69) is 10.6 Å². The van der Waals surface area contributed by atoms with Crippen molar-refractivity contribution in [3.8, 4) is 0 Å². The SMILES string of the molecule is CCOC(=O)CNC(=O)CC1NCCN(Cc2ccccc2Cl)C1=O.Cl. The van der Waals surface area contributed by atoms with E-state index in [4.69, 9.17) is 16.3 Å². The van der Waals surface area contributed by atoms with E-state index in [1.54, 1.807) is 17.9 Å². The molecule has 1 saturated heterocycles. The summed E-state index contributed by atoms with van der Waals surface area (Å²) in [6.45, 7) is 3.29. The maximum Gasteiger partial charge on any atom is 0.325 e. The molecule has 0 bridgehead atoms. The van der Waals surface area contributed by atoms with Crippen molar-refractivity contribution in [1.29, 1.82) is 0 Å². The number of hydrogen-bond donors (Lipinski definition) is 2. The van der Waals surface area contributed by atoms with E-state index < -0.39 is 12.0 Å². The first-order valence-electron chi connectivity index (χ1n) is 8.19. The molecule has 1 aromatic carbocycles. The third-order valence-electron chi connectivity index (χ3n) is 3.83. The highest BCUT2D eigenvalue weighted by Gasteiger charge is 2.30. The predicted octanol–water partition coefficient (Wildman–Crippen LogP) is 1.13. The number of nitrogens with zero attached hydrogens (tertiary/aromatic N) is 1. The summed E-state index contributed by atoms with van der Waals surface area (Å²) < 4.78 is 4.74. The van der Waals surface area contributed by atoms with Gasteiger partial charge in [0.05, 0.1) is 19.1 Å². The van der Waals surface area contributed by atoms with Crippen LogP contribution in [-0.2, 0) is 25.7 Å². The van der Waals surface area contributed by atoms with Gasteiger partial charge in [-0.25, -0.2) is 0 Å². The van der Waals surface area contributed by atoms with Gasteiger partial charge in [0.2, 0.25) is 11.8 Å². The number of benzene rings is 1. The lowest BCUT2D eigenvalue weighted by Gasteiger charge is -2.33. The maximum absolute atomic E-state index is 12.6. The van der Waals surface area contributed by atoms with E-state index in [1.807, 2.05) is 18.2 Å². The Morgan fingerprint density at radius 3 is 2.81 bits per heavy atom. The molecule has 0 saturated carbocycles. The first kappa shape index (κ1) is 22.2. The molecule has 7 nitrogen and oxygen atoms in total. The van der Waals surface area contributed by atoms with Crippen LogP contribution in [0.1, 0.15) is 18.9 Å². The molecule has 1 aromatic rings. The standard InChI is InChI=1S/C17H22ClN3O4.ClH/c1-2-25-16(23)10-20-15(22)9-14-17(24)21(8-7-19-14)11-12-5-3-4-6-13(12)18;/h3-6,14,19H,2,7-11H2,1H3,(H,20,22);1H. The fraction of sp³-hybridized carbons (Fsp3) is 0.471. The van der Waals surface area contributed by atoms with Crippen LogP contribution < -0.4 is 10.6 Å². The zero-order valence-corrected chi connectivity index (χ0v) is 16.1. The van der Waals surface area contributed by atoms with Crippen LogP contribution in [0.4, 0.5) is 0 Å². The summed E-state index contributed by atoms with van der Waals surface area (Å²) in [5, 5.41) is 6.11. The quantitative estimate of drug-likeness (QED) is 0.666. The number of carbonyl (C=O) groups is 3. The summed E-state index contributed by atoms with van der Waals surface area (Å²) in [5.74, 6) is -1.03. The number of rotatable bonds is 7. The number of piperazine rings is 1. The minimum Gasteiger partial charge on any atom is -0.465 e. The number of nitrogens with one attached hydrogen (secondary N) is 2. The lowest BCUT2D eigenvalue weighted by Crippen LogP contribution is -2.56. The van der Waals surface area contributed by atoms with E-state index in [1.165, 1.54) is 0 Å². The summed E-state index contributed by atoms with van der Waals surface area (Å²) in [5.41, 5.74) is 0.866. The smallest absolute Gasteiger partial charge is 0.325 e. The molecule has 0 aromatic heterocycles. The molecule has 0 aliphatic carbocycles. The van der Waals surface area contributed by atoms with E-state index in [-0.39, 0.29) is 43.8 Å². The highest BCUT2D eigenvalue weighted by Crippen LogP contribution is 2.18. The number of esters is 1. The van der Waals surface area contributed by atoms with E-state index in [0.29, 0.717) is 24.7 Å². The van der Waals surface area contributed by atoms with Gasteiger partial charge in [-0.05, 0) is 18.6 Å². The Labute approximate surface area is 163 Å². The highest BCUT2D eigenvalue weighted by atomic mass is 35.5. The topological polar surface area (TPSA) is 87.7 Å². The van der Waals surface area contributed by atoms with Gasteiger partial charge in [0.15, 0.2) is 0 Å². The fourth-order valence-corrected chi connectivity index (χ4v) is 2.78. The zero-order valence-electron chi connectivity index (χ0n) is 14.5. The summed E-state index contributed by atoms with van der Waals surface area (Å²) >= 11 is 6.15. The monoisotopic (exact) mass is 403 g/mol. The maximum atomic E-state index is 12.6. The molecule has 26 heavy (non-hydrogen) atoms. The van der Waals surface area contributed by atoms with Crippen LogP contribution >= 0.6 is 24.0 Å². The van der Waals surface area contributed by atoms with Crippen LogP contribution in [0.2, 0.25) is 5.02 Å². The molecule has 1 aliphatic rings. The van der Waals surface area contributed by atoms with Gasteiger partial charge in [0, 0.05) is 24.7 Å². The number of hydrogen-bond acceptors (Lipinski definition) is 5. The third kappa shape index (κ3) is 6.48. The third-order valence-corrected chi connectivity index (χ3v) is 4.19. The molecular weight excluding hydrogens is 381 g/mol. The van der Waals surface area contributed by atoms with E-state index in [9.17, 15) is 14.4 Å². The molecule has 1 aliphatic heterocycles. The molecule has 2 amide bonds. The summed E-state index contributed by atoms with van der Waals surface area (Å²) in [4.78, 5) is 37.4. The van der Waals surface area contributed by atoms with Crippen molar-refractivity contribution in [3.05, 3.63) is 34.9 Å². The highest BCUT2D eigenvalue weighted by molar-refractivity contribution is 6.31. The van der Waals surface area contributed by atoms with Crippen LogP contribution in [0, 0.1) is 0 Å². The van der Waals surface area contributed by atoms with Crippen LogP contribution in [0.25, 0.3) is 0 Å². The van der Waals surface area contributed by atoms with Gasteiger partial charge >= 0.3 is 5.97 Å². The van der Waals surface area contributed by atoms with Crippen molar-refractivity contribution in [2.45, 2.75) is 25.9 Å². The number of halogens is 2. The Hall–Kier alpha value is -1.83. The van der Waals surface area contributed by atoms with Gasteiger partial charge in [-0.1, -0.05) is 29.8 Å². The molecule has 9 heteroatoms. The Morgan fingerprint density at radius 1 is 1.38 bits per heavy atom. The zero-order chi connectivity index (χ0) is 18.2. The van der Waals surface area contributed by atoms with Gasteiger partial charge in [-0.3, -0.25) is 14.4 Å². The average molecular weight is 404 g/mol. The minimum absolute atomic E-state index is 0. The lowest BCUT2D eigenvalue weighted by atomic mass is 10.1. The first-order valence-corrected chi connectivity index (χ1v) is 8.57. The summed E-state index contributed by atoms with van der Waals surface area (Å²) in [6.07, 6.45) is -0.0305. The van der Waals surface area contributed by atoms with Crippen LogP contribution in [0.3, 0.4) is 0 Å². The van der Waals surface area contributed by atoms with Crippen molar-refractivity contribution in [2.24, 2.45) is 0 Å².